The van der Waals surface area contributed by atoms with Gasteiger partial charge < -0.3 is 10.6 Å². The fraction of sp³-hybridized carbons (Fsp3) is 0.462. The molecule has 0 aliphatic carbocycles. The van der Waals surface area contributed by atoms with E-state index in [1.807, 2.05) is 36.0 Å². The smallest absolute Gasteiger partial charge is 0.238 e. The van der Waals surface area contributed by atoms with Crippen molar-refractivity contribution in [2.45, 2.75) is 13.3 Å². The van der Waals surface area contributed by atoms with Crippen LogP contribution in [0.1, 0.15) is 13.3 Å². The van der Waals surface area contributed by atoms with E-state index >= 15 is 0 Å². The van der Waals surface area contributed by atoms with Crippen molar-refractivity contribution < 1.29 is 4.79 Å². The van der Waals surface area contributed by atoms with E-state index in [9.17, 15) is 4.79 Å². The first-order valence-electron chi connectivity index (χ1n) is 6.06. The Labute approximate surface area is 121 Å². The summed E-state index contributed by atoms with van der Waals surface area (Å²) < 4.78 is 0.963. The molecule has 100 valence electrons. The monoisotopic (exact) mass is 330 g/mol. The molecule has 18 heavy (non-hydrogen) atoms. The number of nitrogens with one attached hydrogen (secondary N) is 2. The molecule has 0 saturated carbocycles. The highest BCUT2D eigenvalue weighted by Gasteiger charge is 2.01. The van der Waals surface area contributed by atoms with Crippen molar-refractivity contribution >= 4 is 39.3 Å². The molecule has 0 aliphatic rings. The molecule has 3 nitrogen and oxygen atoms in total. The highest BCUT2D eigenvalue weighted by molar-refractivity contribution is 9.10. The highest BCUT2D eigenvalue weighted by atomic mass is 79.9. The van der Waals surface area contributed by atoms with E-state index in [2.05, 4.69) is 33.5 Å². The van der Waals surface area contributed by atoms with Gasteiger partial charge in [-0.25, -0.2) is 0 Å². The second-order valence-electron chi connectivity index (χ2n) is 3.79. The van der Waals surface area contributed by atoms with E-state index < -0.39 is 0 Å². The van der Waals surface area contributed by atoms with E-state index in [-0.39, 0.29) is 5.91 Å². The molecule has 5 heteroatoms. The summed E-state index contributed by atoms with van der Waals surface area (Å²) in [6, 6.07) is 7.59. The number of amides is 1. The van der Waals surface area contributed by atoms with Gasteiger partial charge in [-0.15, -0.1) is 0 Å². The molecule has 0 radical (unpaired) electrons. The molecule has 0 saturated heterocycles. The van der Waals surface area contributed by atoms with Gasteiger partial charge in [0.05, 0.1) is 6.54 Å². The van der Waals surface area contributed by atoms with Crippen LogP contribution in [-0.2, 0) is 4.79 Å². The molecule has 0 atom stereocenters. The molecule has 0 fully saturated rings. The van der Waals surface area contributed by atoms with Crippen LogP contribution >= 0.6 is 27.7 Å². The van der Waals surface area contributed by atoms with Gasteiger partial charge in [0.2, 0.25) is 5.91 Å². The van der Waals surface area contributed by atoms with Crippen molar-refractivity contribution in [1.29, 1.82) is 0 Å². The quantitative estimate of drug-likeness (QED) is 0.719. The fourth-order valence-electron chi connectivity index (χ4n) is 1.42. The third kappa shape index (κ3) is 7.03. The lowest BCUT2D eigenvalue weighted by molar-refractivity contribution is -0.115. The van der Waals surface area contributed by atoms with Crippen LogP contribution in [0.5, 0.6) is 0 Å². The second-order valence-corrected chi connectivity index (χ2v) is 6.10. The van der Waals surface area contributed by atoms with Crippen LogP contribution in [0.2, 0.25) is 0 Å². The number of halogens is 1. The molecular weight excluding hydrogens is 312 g/mol. The minimum Gasteiger partial charge on any atom is -0.325 e. The molecule has 0 spiro atoms. The number of carbonyl (C=O) groups excluding carboxylic acids is 1. The SMILES string of the molecule is CCSCCCNCC(=O)Nc1cccc(Br)c1. The standard InChI is InChI=1S/C13H19BrN2OS/c1-2-18-8-4-7-15-10-13(17)16-12-6-3-5-11(14)9-12/h3,5-6,9,15H,2,4,7-8,10H2,1H3,(H,16,17). The molecule has 0 aromatic heterocycles. The summed E-state index contributed by atoms with van der Waals surface area (Å²) in [6.45, 7) is 3.41. The number of hydrogen-bond donors (Lipinski definition) is 2. The summed E-state index contributed by atoms with van der Waals surface area (Å²) in [4.78, 5) is 11.6. The molecule has 0 aliphatic heterocycles. The Hall–Kier alpha value is -0.520. The number of carbonyl (C=O) groups is 1. The first kappa shape index (κ1) is 15.5. The lowest BCUT2D eigenvalue weighted by Crippen LogP contribution is -2.28. The van der Waals surface area contributed by atoms with E-state index in [0.717, 1.165) is 34.6 Å². The topological polar surface area (TPSA) is 41.1 Å². The Morgan fingerprint density at radius 1 is 1.44 bits per heavy atom. The molecule has 0 bridgehead atoms. The Kier molecular flexibility index (Phi) is 8.13. The normalized spacial score (nSPS) is 10.3. The molecule has 1 amide bonds. The van der Waals surface area contributed by atoms with E-state index in [1.54, 1.807) is 0 Å². The second kappa shape index (κ2) is 9.42. The van der Waals surface area contributed by atoms with Crippen LogP contribution in [0.4, 0.5) is 5.69 Å². The third-order valence-electron chi connectivity index (χ3n) is 2.24. The van der Waals surface area contributed by atoms with Crippen molar-refractivity contribution in [1.82, 2.24) is 5.32 Å². The summed E-state index contributed by atoms with van der Waals surface area (Å²) in [5.41, 5.74) is 0.817. The first-order valence-corrected chi connectivity index (χ1v) is 8.01. The van der Waals surface area contributed by atoms with Gasteiger partial charge in [0.15, 0.2) is 0 Å². The van der Waals surface area contributed by atoms with Gasteiger partial charge in [0.25, 0.3) is 0 Å². The maximum atomic E-state index is 11.6. The molecule has 0 heterocycles. The summed E-state index contributed by atoms with van der Waals surface area (Å²) in [7, 11) is 0. The Morgan fingerprint density at radius 3 is 3.00 bits per heavy atom. The van der Waals surface area contributed by atoms with Crippen LogP contribution in [-0.4, -0.2) is 30.5 Å². The predicted molar refractivity (Wildman–Crippen MR) is 83.3 cm³/mol. The van der Waals surface area contributed by atoms with Gasteiger partial charge >= 0.3 is 0 Å². The van der Waals surface area contributed by atoms with Crippen LogP contribution < -0.4 is 10.6 Å². The summed E-state index contributed by atoms with van der Waals surface area (Å²) >= 11 is 5.30. The molecular formula is C13H19BrN2OS. The Balaban J connectivity index is 2.14. The lowest BCUT2D eigenvalue weighted by Gasteiger charge is -2.07. The third-order valence-corrected chi connectivity index (χ3v) is 3.72. The average Bonchev–Trinajstić information content (AvgIpc) is 2.33. The molecule has 1 aromatic carbocycles. The van der Waals surface area contributed by atoms with Crippen LogP contribution in [0, 0.1) is 0 Å². The molecule has 0 unspecified atom stereocenters. The predicted octanol–water partition coefficient (Wildman–Crippen LogP) is 3.12. The molecule has 1 aromatic rings. The van der Waals surface area contributed by atoms with Crippen molar-refractivity contribution in [2.75, 3.05) is 29.9 Å². The number of benzene rings is 1. The van der Waals surface area contributed by atoms with Crippen molar-refractivity contribution in [2.24, 2.45) is 0 Å². The maximum Gasteiger partial charge on any atom is 0.238 e. The van der Waals surface area contributed by atoms with E-state index in [1.165, 1.54) is 0 Å². The molecule has 2 N–H and O–H groups in total. The highest BCUT2D eigenvalue weighted by Crippen LogP contribution is 2.15. The maximum absolute atomic E-state index is 11.6. The summed E-state index contributed by atoms with van der Waals surface area (Å²) in [5, 5.41) is 5.99. The van der Waals surface area contributed by atoms with Crippen LogP contribution in [0.15, 0.2) is 28.7 Å². The minimum atomic E-state index is -0.00348. The van der Waals surface area contributed by atoms with Crippen molar-refractivity contribution in [3.63, 3.8) is 0 Å². The van der Waals surface area contributed by atoms with Crippen LogP contribution in [0.3, 0.4) is 0 Å². The Bertz CT molecular complexity index is 374. The molecule has 1 rings (SSSR count). The number of anilines is 1. The largest absolute Gasteiger partial charge is 0.325 e. The summed E-state index contributed by atoms with van der Waals surface area (Å²) in [6.07, 6.45) is 1.10. The van der Waals surface area contributed by atoms with Gasteiger partial charge in [-0.1, -0.05) is 28.9 Å². The zero-order chi connectivity index (χ0) is 13.2. The summed E-state index contributed by atoms with van der Waals surface area (Å²) in [5.74, 6) is 2.30. The first-order chi connectivity index (χ1) is 8.72. The van der Waals surface area contributed by atoms with Crippen molar-refractivity contribution in [3.8, 4) is 0 Å². The van der Waals surface area contributed by atoms with Crippen LogP contribution in [0.25, 0.3) is 0 Å². The van der Waals surface area contributed by atoms with Gasteiger partial charge in [0, 0.05) is 10.2 Å². The van der Waals surface area contributed by atoms with E-state index in [4.69, 9.17) is 0 Å². The number of rotatable bonds is 8. The van der Waals surface area contributed by atoms with Gasteiger partial charge in [-0.2, -0.15) is 11.8 Å². The number of thioether (sulfide) groups is 1. The van der Waals surface area contributed by atoms with Gasteiger partial charge in [0.1, 0.15) is 0 Å². The number of hydrogen-bond acceptors (Lipinski definition) is 3. The fourth-order valence-corrected chi connectivity index (χ4v) is 2.45. The van der Waals surface area contributed by atoms with Gasteiger partial charge in [-0.3, -0.25) is 4.79 Å². The minimum absolute atomic E-state index is 0.00348. The van der Waals surface area contributed by atoms with Gasteiger partial charge in [-0.05, 0) is 42.7 Å². The van der Waals surface area contributed by atoms with Crippen molar-refractivity contribution in [3.05, 3.63) is 28.7 Å². The lowest BCUT2D eigenvalue weighted by atomic mass is 10.3. The Morgan fingerprint density at radius 2 is 2.28 bits per heavy atom. The van der Waals surface area contributed by atoms with E-state index in [0.29, 0.717) is 6.54 Å². The zero-order valence-corrected chi connectivity index (χ0v) is 12.9. The zero-order valence-electron chi connectivity index (χ0n) is 10.5. The average molecular weight is 331 g/mol.